The number of ether oxygens (including phenoxy) is 1. The molecule has 4 heteroatoms. The second-order valence-electron chi connectivity index (χ2n) is 4.79. The van der Waals surface area contributed by atoms with Crippen LogP contribution in [0, 0.1) is 0 Å². The molecule has 0 saturated heterocycles. The minimum atomic E-state index is 0.606. The first-order valence-electron chi connectivity index (χ1n) is 7.11. The molecule has 3 nitrogen and oxygen atoms in total. The Morgan fingerprint density at radius 3 is 2.95 bits per heavy atom. The van der Waals surface area contributed by atoms with Crippen molar-refractivity contribution in [1.82, 2.24) is 10.3 Å². The molecule has 21 heavy (non-hydrogen) atoms. The minimum absolute atomic E-state index is 0.606. The fourth-order valence-electron chi connectivity index (χ4n) is 2.13. The van der Waals surface area contributed by atoms with Crippen LogP contribution in [0.3, 0.4) is 0 Å². The first-order chi connectivity index (χ1) is 10.3. The maximum atomic E-state index is 5.87. The quantitative estimate of drug-likeness (QED) is 0.747. The summed E-state index contributed by atoms with van der Waals surface area (Å²) in [4.78, 5) is 6.93. The standard InChI is InChI=1S/C17H18N2OS/c1-2-18-11-15-7-8-16(21-15)12-20-14-6-5-13-4-3-9-19-17(13)10-14/h3-10,18H,2,11-12H2,1H3. The Morgan fingerprint density at radius 1 is 1.14 bits per heavy atom. The van der Waals surface area contributed by atoms with E-state index in [4.69, 9.17) is 4.74 Å². The van der Waals surface area contributed by atoms with E-state index in [1.807, 2.05) is 24.3 Å². The van der Waals surface area contributed by atoms with Crippen LogP contribution in [0.25, 0.3) is 10.9 Å². The van der Waals surface area contributed by atoms with Crippen LogP contribution in [0.5, 0.6) is 5.75 Å². The second kappa shape index (κ2) is 6.70. The lowest BCUT2D eigenvalue weighted by molar-refractivity contribution is 0.310. The highest BCUT2D eigenvalue weighted by atomic mass is 32.1. The van der Waals surface area contributed by atoms with Gasteiger partial charge in [0.25, 0.3) is 0 Å². The van der Waals surface area contributed by atoms with E-state index in [1.165, 1.54) is 9.75 Å². The van der Waals surface area contributed by atoms with Crippen LogP contribution in [0.1, 0.15) is 16.7 Å². The summed E-state index contributed by atoms with van der Waals surface area (Å²) in [5.74, 6) is 0.864. The van der Waals surface area contributed by atoms with Gasteiger partial charge in [-0.25, -0.2) is 0 Å². The Kier molecular flexibility index (Phi) is 4.48. The fraction of sp³-hybridized carbons (Fsp3) is 0.235. The number of rotatable bonds is 6. The Hall–Kier alpha value is -1.91. The molecule has 0 bridgehead atoms. The van der Waals surface area contributed by atoms with E-state index in [1.54, 1.807) is 17.5 Å². The monoisotopic (exact) mass is 298 g/mol. The molecule has 2 heterocycles. The van der Waals surface area contributed by atoms with Crippen molar-refractivity contribution in [3.63, 3.8) is 0 Å². The highest BCUT2D eigenvalue weighted by Crippen LogP contribution is 2.22. The van der Waals surface area contributed by atoms with Gasteiger partial charge >= 0.3 is 0 Å². The number of fused-ring (bicyclic) bond motifs is 1. The average Bonchev–Trinajstić information content (AvgIpc) is 2.98. The zero-order valence-electron chi connectivity index (χ0n) is 12.0. The third-order valence-electron chi connectivity index (χ3n) is 3.23. The molecule has 1 aromatic carbocycles. The molecule has 0 aliphatic heterocycles. The molecule has 108 valence electrons. The highest BCUT2D eigenvalue weighted by molar-refractivity contribution is 7.11. The summed E-state index contributed by atoms with van der Waals surface area (Å²) in [5.41, 5.74) is 0.967. The van der Waals surface area contributed by atoms with Crippen LogP contribution in [0.15, 0.2) is 48.7 Å². The van der Waals surface area contributed by atoms with Crippen molar-refractivity contribution in [1.29, 1.82) is 0 Å². The van der Waals surface area contributed by atoms with E-state index in [0.29, 0.717) is 6.61 Å². The maximum absolute atomic E-state index is 5.87. The number of nitrogens with one attached hydrogen (secondary N) is 1. The molecule has 0 radical (unpaired) electrons. The summed E-state index contributed by atoms with van der Waals surface area (Å²) < 4.78 is 5.87. The predicted molar refractivity (Wildman–Crippen MR) is 87.8 cm³/mol. The number of benzene rings is 1. The van der Waals surface area contributed by atoms with Crippen LogP contribution < -0.4 is 10.1 Å². The molecule has 3 rings (SSSR count). The van der Waals surface area contributed by atoms with E-state index in [2.05, 4.69) is 35.4 Å². The highest BCUT2D eigenvalue weighted by Gasteiger charge is 2.02. The number of aromatic nitrogens is 1. The average molecular weight is 298 g/mol. The third kappa shape index (κ3) is 3.60. The van der Waals surface area contributed by atoms with E-state index in [0.717, 1.165) is 29.7 Å². The van der Waals surface area contributed by atoms with Gasteiger partial charge in [-0.15, -0.1) is 11.3 Å². The van der Waals surface area contributed by atoms with E-state index >= 15 is 0 Å². The lowest BCUT2D eigenvalue weighted by Gasteiger charge is -2.05. The molecule has 0 fully saturated rings. The van der Waals surface area contributed by atoms with Gasteiger partial charge in [-0.3, -0.25) is 4.98 Å². The van der Waals surface area contributed by atoms with Crippen molar-refractivity contribution in [2.45, 2.75) is 20.1 Å². The number of hydrogen-bond donors (Lipinski definition) is 1. The first-order valence-corrected chi connectivity index (χ1v) is 7.92. The van der Waals surface area contributed by atoms with Crippen LogP contribution >= 0.6 is 11.3 Å². The number of pyridine rings is 1. The molecule has 0 unspecified atom stereocenters. The van der Waals surface area contributed by atoms with Crippen molar-refractivity contribution < 1.29 is 4.74 Å². The van der Waals surface area contributed by atoms with E-state index < -0.39 is 0 Å². The van der Waals surface area contributed by atoms with Crippen molar-refractivity contribution in [3.05, 3.63) is 58.4 Å². The Labute approximate surface area is 128 Å². The van der Waals surface area contributed by atoms with Gasteiger partial charge in [0.1, 0.15) is 12.4 Å². The van der Waals surface area contributed by atoms with E-state index in [-0.39, 0.29) is 0 Å². The van der Waals surface area contributed by atoms with Crippen LogP contribution in [-0.2, 0) is 13.2 Å². The summed E-state index contributed by atoms with van der Waals surface area (Å²) in [5, 5.41) is 4.47. The van der Waals surface area contributed by atoms with Crippen molar-refractivity contribution in [3.8, 4) is 5.75 Å². The molecule has 2 aromatic heterocycles. The van der Waals surface area contributed by atoms with Crippen molar-refractivity contribution >= 4 is 22.2 Å². The second-order valence-corrected chi connectivity index (χ2v) is 6.05. The van der Waals surface area contributed by atoms with Crippen LogP contribution in [0.2, 0.25) is 0 Å². The van der Waals surface area contributed by atoms with Gasteiger partial charge in [0, 0.05) is 33.9 Å². The summed E-state index contributed by atoms with van der Waals surface area (Å²) in [6, 6.07) is 14.3. The van der Waals surface area contributed by atoms with Crippen LogP contribution in [0.4, 0.5) is 0 Å². The molecule has 0 saturated carbocycles. The Bertz CT molecular complexity index is 723. The summed E-state index contributed by atoms with van der Waals surface area (Å²) >= 11 is 1.79. The lowest BCUT2D eigenvalue weighted by Crippen LogP contribution is -2.10. The van der Waals surface area contributed by atoms with E-state index in [9.17, 15) is 0 Å². The van der Waals surface area contributed by atoms with Crippen LogP contribution in [-0.4, -0.2) is 11.5 Å². The molecule has 0 aliphatic carbocycles. The van der Waals surface area contributed by atoms with Gasteiger partial charge in [0.2, 0.25) is 0 Å². The number of thiophene rings is 1. The Morgan fingerprint density at radius 2 is 2.05 bits per heavy atom. The molecule has 0 spiro atoms. The molecule has 0 atom stereocenters. The molecule has 0 amide bonds. The molecule has 1 N–H and O–H groups in total. The summed E-state index contributed by atoms with van der Waals surface area (Å²) in [7, 11) is 0. The van der Waals surface area contributed by atoms with Crippen molar-refractivity contribution in [2.24, 2.45) is 0 Å². The minimum Gasteiger partial charge on any atom is -0.488 e. The zero-order chi connectivity index (χ0) is 14.5. The first kappa shape index (κ1) is 14.0. The molecular formula is C17H18N2OS. The SMILES string of the molecule is CCNCc1ccc(COc2ccc3cccnc3c2)s1. The van der Waals surface area contributed by atoms with Gasteiger partial charge in [-0.2, -0.15) is 0 Å². The smallest absolute Gasteiger partial charge is 0.122 e. The zero-order valence-corrected chi connectivity index (χ0v) is 12.8. The third-order valence-corrected chi connectivity index (χ3v) is 4.28. The summed E-state index contributed by atoms with van der Waals surface area (Å²) in [6.45, 7) is 4.65. The van der Waals surface area contributed by atoms with Gasteiger partial charge in [-0.05, 0) is 36.9 Å². The fourth-order valence-corrected chi connectivity index (χ4v) is 3.03. The predicted octanol–water partition coefficient (Wildman–Crippen LogP) is 3.98. The number of hydrogen-bond acceptors (Lipinski definition) is 4. The topological polar surface area (TPSA) is 34.1 Å². The van der Waals surface area contributed by atoms with Gasteiger partial charge < -0.3 is 10.1 Å². The number of nitrogens with zero attached hydrogens (tertiary/aromatic N) is 1. The van der Waals surface area contributed by atoms with Gasteiger partial charge in [0.15, 0.2) is 0 Å². The molecule has 0 aliphatic rings. The van der Waals surface area contributed by atoms with Crippen molar-refractivity contribution in [2.75, 3.05) is 6.54 Å². The Balaban J connectivity index is 1.64. The summed E-state index contributed by atoms with van der Waals surface area (Å²) in [6.07, 6.45) is 1.80. The maximum Gasteiger partial charge on any atom is 0.122 e. The molecular weight excluding hydrogens is 280 g/mol. The lowest BCUT2D eigenvalue weighted by atomic mass is 10.2. The van der Waals surface area contributed by atoms with Gasteiger partial charge in [-0.1, -0.05) is 13.0 Å². The molecule has 3 aromatic rings. The largest absolute Gasteiger partial charge is 0.488 e. The van der Waals surface area contributed by atoms with Gasteiger partial charge in [0.05, 0.1) is 5.52 Å². The normalized spacial score (nSPS) is 10.9.